The van der Waals surface area contributed by atoms with Gasteiger partial charge in [-0.1, -0.05) is 408 Å². The van der Waals surface area contributed by atoms with Crippen LogP contribution in [0.15, 0.2) is 0 Å². The Hall–Kier alpha value is -1.94. The maximum atomic E-state index is 13.2. The summed E-state index contributed by atoms with van der Waals surface area (Å²) in [4.78, 5) is 73.3. The van der Waals surface area contributed by atoms with Gasteiger partial charge in [-0.05, 0) is 43.4 Å². The third-order valence-electron chi connectivity index (χ3n) is 20.4. The molecular weight excluding hydrogens is 1380 g/mol. The summed E-state index contributed by atoms with van der Waals surface area (Å²) in [6.07, 6.45) is 67.9. The van der Waals surface area contributed by atoms with Crippen LogP contribution in [0.1, 0.15) is 459 Å². The fourth-order valence-electron chi connectivity index (χ4n) is 13.5. The molecule has 0 bridgehead atoms. The Morgan fingerprint density at radius 3 is 0.642 bits per heavy atom. The first-order valence-electron chi connectivity index (χ1n) is 44.8. The largest absolute Gasteiger partial charge is 0.472 e. The zero-order chi connectivity index (χ0) is 77.9. The van der Waals surface area contributed by atoms with Gasteiger partial charge in [0.15, 0.2) is 12.2 Å². The molecule has 0 amide bonds. The summed E-state index contributed by atoms with van der Waals surface area (Å²) in [5.41, 5.74) is 0. The van der Waals surface area contributed by atoms with Gasteiger partial charge < -0.3 is 33.8 Å². The molecule has 0 fully saturated rings. The van der Waals surface area contributed by atoms with E-state index >= 15 is 0 Å². The Kier molecular flexibility index (Phi) is 75.6. The van der Waals surface area contributed by atoms with E-state index in [1.165, 1.54) is 270 Å². The zero-order valence-corrected chi connectivity index (χ0v) is 71.7. The van der Waals surface area contributed by atoms with E-state index in [1.807, 2.05) is 0 Å². The Labute approximate surface area is 651 Å². The summed E-state index contributed by atoms with van der Waals surface area (Å²) in [5.74, 6) is 0.304. The van der Waals surface area contributed by atoms with Gasteiger partial charge in [-0.25, -0.2) is 9.13 Å². The highest BCUT2D eigenvalue weighted by Gasteiger charge is 2.30. The molecule has 0 heterocycles. The van der Waals surface area contributed by atoms with E-state index in [-0.39, 0.29) is 25.7 Å². The minimum Gasteiger partial charge on any atom is -0.462 e. The molecule has 0 aliphatic carbocycles. The number of carbonyl (C=O) groups is 4. The van der Waals surface area contributed by atoms with Crippen molar-refractivity contribution >= 4 is 39.5 Å². The normalized spacial score (nSPS) is 13.9. The van der Waals surface area contributed by atoms with E-state index in [0.717, 1.165) is 108 Å². The molecule has 0 radical (unpaired) electrons. The Balaban J connectivity index is 5.27. The molecule has 5 atom stereocenters. The van der Waals surface area contributed by atoms with Crippen molar-refractivity contribution in [1.29, 1.82) is 0 Å². The lowest BCUT2D eigenvalue weighted by Gasteiger charge is -2.21. The van der Waals surface area contributed by atoms with E-state index in [0.29, 0.717) is 25.7 Å². The van der Waals surface area contributed by atoms with Crippen LogP contribution >= 0.6 is 15.6 Å². The van der Waals surface area contributed by atoms with Crippen LogP contribution in [0.5, 0.6) is 0 Å². The van der Waals surface area contributed by atoms with Crippen molar-refractivity contribution in [3.8, 4) is 0 Å². The molecule has 3 N–H and O–H groups in total. The van der Waals surface area contributed by atoms with Gasteiger partial charge in [-0.15, -0.1) is 0 Å². The van der Waals surface area contributed by atoms with Crippen LogP contribution in [0.2, 0.25) is 0 Å². The van der Waals surface area contributed by atoms with Crippen LogP contribution in [-0.2, 0) is 65.4 Å². The predicted octanol–water partition coefficient (Wildman–Crippen LogP) is 26.5. The number of phosphoric ester groups is 2. The average Bonchev–Trinajstić information content (AvgIpc) is 0.900. The van der Waals surface area contributed by atoms with Crippen molar-refractivity contribution in [3.63, 3.8) is 0 Å². The first-order valence-corrected chi connectivity index (χ1v) is 47.8. The molecule has 0 aromatic heterocycles. The number of aliphatic hydroxyl groups excluding tert-OH is 1. The van der Waals surface area contributed by atoms with Gasteiger partial charge in [0.2, 0.25) is 0 Å². The fraction of sp³-hybridized carbons (Fsp3) is 0.954. The topological polar surface area (TPSA) is 237 Å². The fourth-order valence-corrected chi connectivity index (χ4v) is 15.1. The van der Waals surface area contributed by atoms with Crippen molar-refractivity contribution < 1.29 is 80.2 Å². The Bertz CT molecular complexity index is 2040. The lowest BCUT2D eigenvalue weighted by atomic mass is 10.0. The first-order chi connectivity index (χ1) is 51.2. The second-order valence-corrected chi connectivity index (χ2v) is 35.6. The van der Waals surface area contributed by atoms with Crippen LogP contribution in [0.3, 0.4) is 0 Å². The van der Waals surface area contributed by atoms with Crippen molar-refractivity contribution in [2.45, 2.75) is 478 Å². The maximum Gasteiger partial charge on any atom is 0.472 e. The first kappa shape index (κ1) is 104. The number of ether oxygens (including phenoxy) is 4. The monoisotopic (exact) mass is 1550 g/mol. The minimum absolute atomic E-state index is 0.108. The van der Waals surface area contributed by atoms with Crippen molar-refractivity contribution in [2.75, 3.05) is 39.6 Å². The van der Waals surface area contributed by atoms with Gasteiger partial charge in [0, 0.05) is 25.7 Å². The summed E-state index contributed by atoms with van der Waals surface area (Å²) in [6.45, 7) is 12.1. The number of hydrogen-bond donors (Lipinski definition) is 3. The number of esters is 4. The van der Waals surface area contributed by atoms with E-state index < -0.39 is 97.5 Å². The molecule has 0 rings (SSSR count). The van der Waals surface area contributed by atoms with Crippen molar-refractivity contribution in [3.05, 3.63) is 0 Å². The molecule has 17 nitrogen and oxygen atoms in total. The van der Waals surface area contributed by atoms with E-state index in [2.05, 4.69) is 48.5 Å². The summed E-state index contributed by atoms with van der Waals surface area (Å²) in [7, 11) is -9.93. The van der Waals surface area contributed by atoms with Gasteiger partial charge in [0.1, 0.15) is 19.3 Å². The van der Waals surface area contributed by atoms with Gasteiger partial charge >= 0.3 is 39.5 Å². The molecule has 0 aliphatic rings. The van der Waals surface area contributed by atoms with Gasteiger partial charge in [-0.2, -0.15) is 0 Å². The minimum atomic E-state index is -4.97. The molecule has 0 saturated carbocycles. The molecule has 0 spiro atoms. The number of aliphatic hydroxyl groups is 1. The number of unbranched alkanes of at least 4 members (excludes halogenated alkanes) is 53. The zero-order valence-electron chi connectivity index (χ0n) is 69.9. The smallest absolute Gasteiger partial charge is 0.462 e. The van der Waals surface area contributed by atoms with E-state index in [4.69, 9.17) is 37.0 Å². The molecule has 0 aromatic carbocycles. The van der Waals surface area contributed by atoms with Gasteiger partial charge in [0.25, 0.3) is 0 Å². The maximum absolute atomic E-state index is 13.2. The SMILES string of the molecule is CCCCCCCCCCCCCCCC(=O)OC[C@H](COP(=O)(O)OC[C@H](O)COP(=O)(O)OC[C@@H](COC(=O)CCCCCCCCCCCCCCCCCC(C)C)OC(=O)CCCCCCCCCCCCCCCCCC(C)C)OC(=O)CCCCCCCCCCCCCCCCC(C)C. The number of phosphoric acid groups is 2. The van der Waals surface area contributed by atoms with Gasteiger partial charge in [-0.3, -0.25) is 37.3 Å². The van der Waals surface area contributed by atoms with Gasteiger partial charge in [0.05, 0.1) is 26.4 Å². The third-order valence-corrected chi connectivity index (χ3v) is 22.3. The number of carbonyl (C=O) groups excluding carboxylic acids is 4. The quantitative estimate of drug-likeness (QED) is 0.0222. The van der Waals surface area contributed by atoms with E-state index in [1.54, 1.807) is 0 Å². The Morgan fingerprint density at radius 2 is 0.434 bits per heavy atom. The summed E-state index contributed by atoms with van der Waals surface area (Å²) >= 11 is 0. The lowest BCUT2D eigenvalue weighted by molar-refractivity contribution is -0.161. The van der Waals surface area contributed by atoms with Crippen LogP contribution in [-0.4, -0.2) is 96.7 Å². The Morgan fingerprint density at radius 1 is 0.255 bits per heavy atom. The second kappa shape index (κ2) is 77.0. The average molecular weight is 1550 g/mol. The molecule has 2 unspecified atom stereocenters. The second-order valence-electron chi connectivity index (χ2n) is 32.7. The molecule has 19 heteroatoms. The standard InChI is InChI=1S/C87H170O17P2/c1-8-9-10-11-12-13-14-23-33-40-47-54-61-68-84(89)97-74-82(104-87(92)71-64-57-50-43-36-29-22-21-26-32-39-46-53-60-67-80(6)7)76-101-105(93,94)99-72-81(88)73-100-106(95,96)102-77-83(103-86(91)70-63-56-49-42-35-28-20-16-18-25-31-38-45-52-59-66-79(4)5)75-98-85(90)69-62-55-48-41-34-27-19-15-17-24-30-37-44-51-58-65-78(2)3/h78-83,88H,8-77H2,1-7H3,(H,93,94)(H,95,96)/t81-,82+,83+/m0/s1. The van der Waals surface area contributed by atoms with Crippen LogP contribution in [0.25, 0.3) is 0 Å². The lowest BCUT2D eigenvalue weighted by Crippen LogP contribution is -2.30. The molecule has 106 heavy (non-hydrogen) atoms. The summed E-state index contributed by atoms with van der Waals surface area (Å²) in [5, 5.41) is 10.7. The predicted molar refractivity (Wildman–Crippen MR) is 437 cm³/mol. The highest BCUT2D eigenvalue weighted by Crippen LogP contribution is 2.45. The third kappa shape index (κ3) is 80.1. The van der Waals surface area contributed by atoms with E-state index in [9.17, 15) is 43.2 Å². The van der Waals surface area contributed by atoms with Crippen molar-refractivity contribution in [1.82, 2.24) is 0 Å². The molecule has 0 saturated heterocycles. The summed E-state index contributed by atoms with van der Waals surface area (Å²) in [6, 6.07) is 0. The molecule has 0 aliphatic heterocycles. The van der Waals surface area contributed by atoms with Crippen LogP contribution in [0.4, 0.5) is 0 Å². The molecule has 630 valence electrons. The molecular formula is C87H170O17P2. The highest BCUT2D eigenvalue weighted by molar-refractivity contribution is 7.47. The van der Waals surface area contributed by atoms with Crippen molar-refractivity contribution in [2.24, 2.45) is 17.8 Å². The summed E-state index contributed by atoms with van der Waals surface area (Å²) < 4.78 is 69.0. The number of hydrogen-bond acceptors (Lipinski definition) is 15. The highest BCUT2D eigenvalue weighted by atomic mass is 31.2. The molecule has 0 aromatic rings. The van der Waals surface area contributed by atoms with Crippen LogP contribution in [0, 0.1) is 17.8 Å². The number of rotatable bonds is 85. The van der Waals surface area contributed by atoms with Crippen LogP contribution < -0.4 is 0 Å².